The van der Waals surface area contributed by atoms with Gasteiger partial charge in [0.25, 0.3) is 0 Å². The van der Waals surface area contributed by atoms with E-state index < -0.39 is 0 Å². The Hall–Kier alpha value is 0. The van der Waals surface area contributed by atoms with Crippen LogP contribution in [0.25, 0.3) is 0 Å². The quantitative estimate of drug-likeness (QED) is 0.145. The van der Waals surface area contributed by atoms with Crippen molar-refractivity contribution < 1.29 is 0 Å². The molecular formula is C76H144. The maximum atomic E-state index is 2.80. The van der Waals surface area contributed by atoms with Crippen molar-refractivity contribution in [3.05, 3.63) is 0 Å². The van der Waals surface area contributed by atoms with E-state index in [-0.39, 0.29) is 0 Å². The second-order valence-electron chi connectivity index (χ2n) is 35.1. The molecule has 0 heterocycles. The Morgan fingerprint density at radius 2 is 0.632 bits per heavy atom. The van der Waals surface area contributed by atoms with Crippen LogP contribution in [-0.4, -0.2) is 0 Å². The maximum Gasteiger partial charge on any atom is -0.0326 e. The molecule has 0 saturated heterocycles. The lowest BCUT2D eigenvalue weighted by Gasteiger charge is -2.41. The van der Waals surface area contributed by atoms with Gasteiger partial charge in [0.15, 0.2) is 0 Å². The molecule has 0 N–H and O–H groups in total. The van der Waals surface area contributed by atoms with E-state index in [9.17, 15) is 0 Å². The fourth-order valence-corrected chi connectivity index (χ4v) is 21.6. The molecule has 0 aromatic carbocycles. The normalized spacial score (nSPS) is 39.3. The van der Waals surface area contributed by atoms with Crippen molar-refractivity contribution >= 4 is 0 Å². The smallest absolute Gasteiger partial charge is 0.0326 e. The summed E-state index contributed by atoms with van der Waals surface area (Å²) in [6.45, 7) is 50.0. The zero-order valence-electron chi connectivity index (χ0n) is 55.9. The minimum Gasteiger partial charge on any atom is -0.0628 e. The molecule has 76 heavy (non-hydrogen) atoms. The van der Waals surface area contributed by atoms with Crippen LogP contribution in [-0.2, 0) is 0 Å². The average Bonchev–Trinajstić information content (AvgIpc) is 3.22. The van der Waals surface area contributed by atoms with Gasteiger partial charge in [-0.1, -0.05) is 151 Å². The lowest BCUT2D eigenvalue weighted by Crippen LogP contribution is -2.30. The van der Waals surface area contributed by atoms with Gasteiger partial charge in [0.1, 0.15) is 0 Å². The monoisotopic (exact) mass is 1060 g/mol. The average molecular weight is 1060 g/mol. The van der Waals surface area contributed by atoms with Crippen molar-refractivity contribution in [1.82, 2.24) is 0 Å². The van der Waals surface area contributed by atoms with Crippen molar-refractivity contribution in [1.29, 1.82) is 0 Å². The third-order valence-electron chi connectivity index (χ3n) is 23.2. The SMILES string of the molecule is CC(C)CC(C)CC(C)CC(C)CC1CC2CCCC(C)CC3CC(CC(C)C)CC4CC(C)CC(C)CC5CC(C)CC(CC(C2)CC(CC(C)CC(CC(C)CC(C)CC(C)C)CC(C)(C)C(C)C5)C1)CC(C3)C4. The molecule has 8 bridgehead atoms. The fourth-order valence-electron chi connectivity index (χ4n) is 21.6. The summed E-state index contributed by atoms with van der Waals surface area (Å²) >= 11 is 0. The lowest BCUT2D eigenvalue weighted by molar-refractivity contribution is 0.0999. The van der Waals surface area contributed by atoms with Crippen LogP contribution in [0.2, 0.25) is 0 Å². The summed E-state index contributed by atoms with van der Waals surface area (Å²) in [5.74, 6) is 22.0. The first-order valence-corrected chi connectivity index (χ1v) is 35.7. The minimum absolute atomic E-state index is 0.382. The van der Waals surface area contributed by atoms with Gasteiger partial charge in [-0.15, -0.1) is 0 Å². The molecule has 22 atom stereocenters. The highest BCUT2D eigenvalue weighted by atomic mass is 14.4. The van der Waals surface area contributed by atoms with Gasteiger partial charge in [-0.2, -0.15) is 0 Å². The molecule has 5 fully saturated rings. The van der Waals surface area contributed by atoms with Gasteiger partial charge in [0.2, 0.25) is 0 Å². The Morgan fingerprint density at radius 3 is 1.11 bits per heavy atom. The standard InChI is InChI=1S/C76H144/c1-51(2)23-55(8)26-57(10)28-58(11)32-69-40-65-22-20-21-54(7)30-68-42-66(25-53(5)6)43-70-33-60(13)29-59(12)31-67-34-62(15)35-72(49-74(45-68)48-70)47-73(41-65)46-71(44-69)36-63(16)38-75(50-76(18,19)64(17)39-67)37-61(14)27-56(9)24-52(3)4/h51-75H,20-50H2,1-19H3. The highest BCUT2D eigenvalue weighted by Gasteiger charge is 2.39. The van der Waals surface area contributed by atoms with Gasteiger partial charge in [0.05, 0.1) is 0 Å². The fraction of sp³-hybridized carbons (Fsp3) is 1.00. The van der Waals surface area contributed by atoms with Crippen LogP contribution in [0.3, 0.4) is 0 Å². The summed E-state index contributed by atoms with van der Waals surface area (Å²) in [5.41, 5.74) is 0.382. The first-order chi connectivity index (χ1) is 35.7. The predicted molar refractivity (Wildman–Crippen MR) is 341 cm³/mol. The largest absolute Gasteiger partial charge is 0.0628 e. The van der Waals surface area contributed by atoms with Crippen molar-refractivity contribution in [3.8, 4) is 0 Å². The van der Waals surface area contributed by atoms with Crippen LogP contribution in [0.5, 0.6) is 0 Å². The van der Waals surface area contributed by atoms with Gasteiger partial charge in [-0.3, -0.25) is 0 Å². The molecule has 5 aliphatic rings. The minimum atomic E-state index is 0.382. The van der Waals surface area contributed by atoms with Crippen molar-refractivity contribution in [2.75, 3.05) is 0 Å². The summed E-state index contributed by atoms with van der Waals surface area (Å²) in [4.78, 5) is 0. The van der Waals surface area contributed by atoms with Gasteiger partial charge in [-0.25, -0.2) is 0 Å². The van der Waals surface area contributed by atoms with Crippen LogP contribution < -0.4 is 0 Å². The lowest BCUT2D eigenvalue weighted by atomic mass is 9.64. The van der Waals surface area contributed by atoms with E-state index in [0.29, 0.717) is 5.41 Å². The van der Waals surface area contributed by atoms with Crippen molar-refractivity contribution in [2.24, 2.45) is 153 Å². The van der Waals surface area contributed by atoms with E-state index >= 15 is 0 Å². The van der Waals surface area contributed by atoms with E-state index in [4.69, 9.17) is 0 Å². The second-order valence-corrected chi connectivity index (χ2v) is 35.1. The third-order valence-corrected chi connectivity index (χ3v) is 23.2. The van der Waals surface area contributed by atoms with Crippen molar-refractivity contribution in [3.63, 3.8) is 0 Å². The molecule has 0 aromatic rings. The molecule has 448 valence electrons. The summed E-state index contributed by atoms with van der Waals surface area (Å²) in [6, 6.07) is 0. The van der Waals surface area contributed by atoms with Gasteiger partial charge >= 0.3 is 0 Å². The summed E-state index contributed by atoms with van der Waals surface area (Å²) in [6.07, 6.45) is 46.6. The molecule has 0 amide bonds. The molecule has 0 nitrogen and oxygen atoms in total. The molecule has 5 aliphatic carbocycles. The van der Waals surface area contributed by atoms with Gasteiger partial charge in [0, 0.05) is 0 Å². The third kappa shape index (κ3) is 25.2. The first kappa shape index (κ1) is 66.8. The predicted octanol–water partition coefficient (Wildman–Crippen LogP) is 24.9. The number of hydrogen-bond donors (Lipinski definition) is 0. The second kappa shape index (κ2) is 32.7. The zero-order valence-corrected chi connectivity index (χ0v) is 55.9. The molecule has 5 saturated carbocycles. The Morgan fingerprint density at radius 1 is 0.289 bits per heavy atom. The van der Waals surface area contributed by atoms with Crippen LogP contribution >= 0.6 is 0 Å². The Kier molecular flexibility index (Phi) is 28.8. The molecule has 0 radical (unpaired) electrons. The van der Waals surface area contributed by atoms with Crippen LogP contribution in [0.1, 0.15) is 331 Å². The van der Waals surface area contributed by atoms with Gasteiger partial charge < -0.3 is 0 Å². The summed E-state index contributed by atoms with van der Waals surface area (Å²) in [5, 5.41) is 0. The van der Waals surface area contributed by atoms with E-state index in [1.165, 1.54) is 135 Å². The summed E-state index contributed by atoms with van der Waals surface area (Å²) < 4.78 is 0. The Balaban J connectivity index is 1.57. The first-order valence-electron chi connectivity index (χ1n) is 35.7. The molecule has 0 heteroatoms. The van der Waals surface area contributed by atoms with Crippen LogP contribution in [0.4, 0.5) is 0 Å². The van der Waals surface area contributed by atoms with Gasteiger partial charge in [-0.05, 0) is 333 Å². The Bertz CT molecular complexity index is 1510. The van der Waals surface area contributed by atoms with Crippen LogP contribution in [0.15, 0.2) is 0 Å². The Labute approximate surface area is 481 Å². The van der Waals surface area contributed by atoms with E-state index in [1.54, 1.807) is 64.2 Å². The van der Waals surface area contributed by atoms with E-state index in [2.05, 4.69) is 132 Å². The topological polar surface area (TPSA) is 0 Å². The molecule has 0 aliphatic heterocycles. The highest BCUT2D eigenvalue weighted by molar-refractivity contribution is 4.90. The zero-order chi connectivity index (χ0) is 55.9. The molecule has 22 unspecified atom stereocenters. The molecular weight excluding hydrogens is 913 g/mol. The van der Waals surface area contributed by atoms with E-state index in [0.717, 1.165) is 148 Å². The molecule has 0 spiro atoms. The number of hydrogen-bond acceptors (Lipinski definition) is 0. The molecule has 0 aromatic heterocycles. The maximum absolute atomic E-state index is 2.80. The molecule has 5 rings (SSSR count). The number of fused-ring (bicyclic) bond motifs is 7. The van der Waals surface area contributed by atoms with Crippen molar-refractivity contribution in [2.45, 2.75) is 331 Å². The number of rotatable bonds is 16. The van der Waals surface area contributed by atoms with E-state index in [1.807, 2.05) is 0 Å². The van der Waals surface area contributed by atoms with Crippen LogP contribution in [0, 0.1) is 153 Å². The summed E-state index contributed by atoms with van der Waals surface area (Å²) in [7, 11) is 0. The highest BCUT2D eigenvalue weighted by Crippen LogP contribution is 2.51.